The maximum absolute atomic E-state index is 11.9. The number of carbonyl (C=O) groups is 1. The fourth-order valence-corrected chi connectivity index (χ4v) is 2.91. The van der Waals surface area contributed by atoms with Crippen molar-refractivity contribution in [3.05, 3.63) is 24.2 Å². The molecule has 1 aromatic heterocycles. The summed E-state index contributed by atoms with van der Waals surface area (Å²) < 4.78 is 5.67. The first-order chi connectivity index (χ1) is 12.5. The summed E-state index contributed by atoms with van der Waals surface area (Å²) in [5.74, 6) is 1.62. The lowest BCUT2D eigenvalue weighted by atomic mass is 10.2. The molecule has 0 spiro atoms. The number of hydrogen-bond acceptors (Lipinski definition) is 4. The smallest absolute Gasteiger partial charge is 0.243 e. The van der Waals surface area contributed by atoms with Gasteiger partial charge in [0, 0.05) is 26.7 Å². The van der Waals surface area contributed by atoms with Crippen molar-refractivity contribution in [2.45, 2.75) is 45.2 Å². The SMILES string of the molecule is CCC(C)NC(=NCC(=O)N(C)C)NCC(c1ccco1)N1CCCC1. The van der Waals surface area contributed by atoms with E-state index in [0.717, 1.165) is 25.3 Å². The normalized spacial score (nSPS) is 17.8. The van der Waals surface area contributed by atoms with Crippen LogP contribution in [0.1, 0.15) is 44.9 Å². The van der Waals surface area contributed by atoms with E-state index in [2.05, 4.69) is 34.4 Å². The van der Waals surface area contributed by atoms with Crippen LogP contribution in [-0.2, 0) is 4.79 Å². The van der Waals surface area contributed by atoms with E-state index in [1.807, 2.05) is 12.1 Å². The first-order valence-electron chi connectivity index (χ1n) is 9.53. The zero-order valence-electron chi connectivity index (χ0n) is 16.5. The number of furan rings is 1. The summed E-state index contributed by atoms with van der Waals surface area (Å²) in [6.07, 6.45) is 5.15. The molecule has 0 radical (unpaired) electrons. The highest BCUT2D eigenvalue weighted by molar-refractivity contribution is 5.84. The number of nitrogens with one attached hydrogen (secondary N) is 2. The van der Waals surface area contributed by atoms with Gasteiger partial charge in [-0.2, -0.15) is 0 Å². The molecular formula is C19H33N5O2. The average molecular weight is 364 g/mol. The Kier molecular flexibility index (Phi) is 7.97. The Morgan fingerprint density at radius 1 is 1.38 bits per heavy atom. The number of nitrogens with zero attached hydrogens (tertiary/aromatic N) is 3. The highest BCUT2D eigenvalue weighted by atomic mass is 16.3. The molecule has 0 aromatic carbocycles. The molecule has 7 nitrogen and oxygen atoms in total. The van der Waals surface area contributed by atoms with Crippen LogP contribution >= 0.6 is 0 Å². The second-order valence-corrected chi connectivity index (χ2v) is 7.06. The van der Waals surface area contributed by atoms with E-state index in [-0.39, 0.29) is 24.5 Å². The Balaban J connectivity index is 2.04. The van der Waals surface area contributed by atoms with E-state index in [4.69, 9.17) is 4.42 Å². The van der Waals surface area contributed by atoms with E-state index >= 15 is 0 Å². The molecule has 0 bridgehead atoms. The van der Waals surface area contributed by atoms with Crippen LogP contribution in [0.3, 0.4) is 0 Å². The van der Waals surface area contributed by atoms with Crippen molar-refractivity contribution < 1.29 is 9.21 Å². The Hall–Kier alpha value is -2.02. The molecule has 1 saturated heterocycles. The second-order valence-electron chi connectivity index (χ2n) is 7.06. The molecule has 2 atom stereocenters. The molecule has 7 heteroatoms. The molecular weight excluding hydrogens is 330 g/mol. The third kappa shape index (κ3) is 6.05. The lowest BCUT2D eigenvalue weighted by Crippen LogP contribution is -2.46. The van der Waals surface area contributed by atoms with Crippen molar-refractivity contribution in [1.29, 1.82) is 0 Å². The molecule has 0 saturated carbocycles. The fraction of sp³-hybridized carbons (Fsp3) is 0.684. The Morgan fingerprint density at radius 2 is 2.12 bits per heavy atom. The first-order valence-corrected chi connectivity index (χ1v) is 9.53. The van der Waals surface area contributed by atoms with Crippen LogP contribution < -0.4 is 10.6 Å². The minimum atomic E-state index is -0.0163. The van der Waals surface area contributed by atoms with Gasteiger partial charge in [0.05, 0.1) is 12.3 Å². The van der Waals surface area contributed by atoms with Gasteiger partial charge >= 0.3 is 0 Å². The monoisotopic (exact) mass is 363 g/mol. The maximum atomic E-state index is 11.9. The Bertz CT molecular complexity index is 564. The molecule has 0 aliphatic carbocycles. The fourth-order valence-electron chi connectivity index (χ4n) is 2.91. The molecule has 2 unspecified atom stereocenters. The summed E-state index contributed by atoms with van der Waals surface area (Å²) in [5, 5.41) is 6.78. The summed E-state index contributed by atoms with van der Waals surface area (Å²) in [6.45, 7) is 7.21. The number of likely N-dealkylation sites (N-methyl/N-ethyl adjacent to an activating group) is 1. The summed E-state index contributed by atoms with van der Waals surface area (Å²) >= 11 is 0. The topological polar surface area (TPSA) is 73.1 Å². The van der Waals surface area contributed by atoms with Crippen molar-refractivity contribution in [3.8, 4) is 0 Å². The van der Waals surface area contributed by atoms with Crippen molar-refractivity contribution >= 4 is 11.9 Å². The van der Waals surface area contributed by atoms with Gasteiger partial charge in [0.1, 0.15) is 12.3 Å². The average Bonchev–Trinajstić information content (AvgIpc) is 3.33. The standard InChI is InChI=1S/C19H33N5O2/c1-5-15(2)22-19(21-14-18(25)23(3)4)20-13-16(17-9-8-12-26-17)24-10-6-7-11-24/h8-9,12,15-16H,5-7,10-11,13-14H2,1-4H3,(H2,20,21,22). The largest absolute Gasteiger partial charge is 0.468 e. The molecule has 1 fully saturated rings. The molecule has 2 rings (SSSR count). The number of guanidine groups is 1. The van der Waals surface area contributed by atoms with E-state index in [0.29, 0.717) is 12.5 Å². The third-order valence-electron chi connectivity index (χ3n) is 4.78. The predicted octanol–water partition coefficient (Wildman–Crippen LogP) is 1.84. The number of carbonyl (C=O) groups excluding carboxylic acids is 1. The van der Waals surface area contributed by atoms with Gasteiger partial charge in [-0.1, -0.05) is 6.92 Å². The molecule has 1 aromatic rings. The number of amides is 1. The van der Waals surface area contributed by atoms with Gasteiger partial charge in [-0.15, -0.1) is 0 Å². The van der Waals surface area contributed by atoms with Gasteiger partial charge in [0.15, 0.2) is 5.96 Å². The van der Waals surface area contributed by atoms with Crippen molar-refractivity contribution in [2.24, 2.45) is 4.99 Å². The Labute approximate surface area is 156 Å². The summed E-state index contributed by atoms with van der Waals surface area (Å²) in [4.78, 5) is 20.3. The van der Waals surface area contributed by atoms with Crippen molar-refractivity contribution in [1.82, 2.24) is 20.4 Å². The van der Waals surface area contributed by atoms with Crippen molar-refractivity contribution in [3.63, 3.8) is 0 Å². The van der Waals surface area contributed by atoms with Crippen LogP contribution in [0.25, 0.3) is 0 Å². The van der Waals surface area contributed by atoms with Gasteiger partial charge in [-0.3, -0.25) is 9.69 Å². The second kappa shape index (κ2) is 10.2. The van der Waals surface area contributed by atoms with Crippen LogP contribution in [0.5, 0.6) is 0 Å². The molecule has 1 aliphatic rings. The van der Waals surface area contributed by atoms with Crippen LogP contribution in [0.15, 0.2) is 27.8 Å². The number of rotatable bonds is 8. The van der Waals surface area contributed by atoms with Gasteiger partial charge in [-0.25, -0.2) is 4.99 Å². The van der Waals surface area contributed by atoms with Crippen LogP contribution in [-0.4, -0.2) is 68.0 Å². The lowest BCUT2D eigenvalue weighted by Gasteiger charge is -2.27. The summed E-state index contributed by atoms with van der Waals surface area (Å²) in [7, 11) is 3.49. The minimum Gasteiger partial charge on any atom is -0.468 e. The third-order valence-corrected chi connectivity index (χ3v) is 4.78. The van der Waals surface area contributed by atoms with Gasteiger partial charge in [0.25, 0.3) is 0 Å². The van der Waals surface area contributed by atoms with E-state index in [1.165, 1.54) is 12.8 Å². The zero-order chi connectivity index (χ0) is 18.9. The predicted molar refractivity (Wildman–Crippen MR) is 104 cm³/mol. The van der Waals surface area contributed by atoms with Gasteiger partial charge in [-0.05, 0) is 51.4 Å². The van der Waals surface area contributed by atoms with Crippen LogP contribution in [0, 0.1) is 0 Å². The number of aliphatic imine (C=N–C) groups is 1. The summed E-state index contributed by atoms with van der Waals surface area (Å²) in [6, 6.07) is 4.41. The molecule has 26 heavy (non-hydrogen) atoms. The van der Waals surface area contributed by atoms with Crippen molar-refractivity contribution in [2.75, 3.05) is 40.3 Å². The highest BCUT2D eigenvalue weighted by Crippen LogP contribution is 2.24. The molecule has 1 aliphatic heterocycles. The van der Waals surface area contributed by atoms with Crippen LogP contribution in [0.2, 0.25) is 0 Å². The van der Waals surface area contributed by atoms with Crippen LogP contribution in [0.4, 0.5) is 0 Å². The minimum absolute atomic E-state index is 0.0163. The van der Waals surface area contributed by atoms with Gasteiger partial charge in [0.2, 0.25) is 5.91 Å². The Morgan fingerprint density at radius 3 is 2.69 bits per heavy atom. The van der Waals surface area contributed by atoms with Gasteiger partial charge < -0.3 is 20.0 Å². The summed E-state index contributed by atoms with van der Waals surface area (Å²) in [5.41, 5.74) is 0. The molecule has 146 valence electrons. The maximum Gasteiger partial charge on any atom is 0.243 e. The highest BCUT2D eigenvalue weighted by Gasteiger charge is 2.25. The number of hydrogen-bond donors (Lipinski definition) is 2. The molecule has 1 amide bonds. The van der Waals surface area contributed by atoms with E-state index in [1.54, 1.807) is 25.3 Å². The number of likely N-dealkylation sites (tertiary alicyclic amines) is 1. The molecule has 2 heterocycles. The molecule has 2 N–H and O–H groups in total. The first kappa shape index (κ1) is 20.3. The van der Waals surface area contributed by atoms with E-state index in [9.17, 15) is 4.79 Å². The zero-order valence-corrected chi connectivity index (χ0v) is 16.5. The lowest BCUT2D eigenvalue weighted by molar-refractivity contribution is -0.127. The quantitative estimate of drug-likeness (QED) is 0.545. The van der Waals surface area contributed by atoms with E-state index < -0.39 is 0 Å².